The molecule has 0 aromatic carbocycles. The molecule has 3 rings (SSSR count). The van der Waals surface area contributed by atoms with Gasteiger partial charge in [0, 0.05) is 31.4 Å². The van der Waals surface area contributed by atoms with E-state index in [1.54, 1.807) is 18.4 Å². The number of halogens is 3. The average molecular weight is 358 g/mol. The van der Waals surface area contributed by atoms with E-state index in [-0.39, 0.29) is 29.9 Å². The van der Waals surface area contributed by atoms with Crippen LogP contribution in [0.1, 0.15) is 27.9 Å². The molecular weight excluding hydrogens is 342 g/mol. The molecule has 0 saturated heterocycles. The van der Waals surface area contributed by atoms with E-state index in [4.69, 9.17) is 0 Å². The van der Waals surface area contributed by atoms with Crippen LogP contribution in [0.3, 0.4) is 0 Å². The van der Waals surface area contributed by atoms with Crippen molar-refractivity contribution in [2.24, 2.45) is 0 Å². The molecule has 0 radical (unpaired) electrons. The van der Waals surface area contributed by atoms with E-state index in [1.165, 1.54) is 12.4 Å². The zero-order valence-electron chi connectivity index (χ0n) is 14.5. The van der Waals surface area contributed by atoms with Gasteiger partial charge in [0.2, 0.25) is 0 Å². The van der Waals surface area contributed by atoms with Crippen LogP contribution >= 0.6 is 0 Å². The summed E-state index contributed by atoms with van der Waals surface area (Å²) < 4.78 is 37.7. The first-order valence-corrected chi connectivity index (χ1v) is 7.49. The Kier molecular flexibility index (Phi) is 7.39. The molecule has 0 spiro atoms. The molecule has 2 aromatic rings. The maximum atomic E-state index is 12.6. The van der Waals surface area contributed by atoms with E-state index in [1.807, 2.05) is 11.8 Å². The van der Waals surface area contributed by atoms with Crippen LogP contribution in [0.2, 0.25) is 0 Å². The predicted molar refractivity (Wildman–Crippen MR) is 84.5 cm³/mol. The molecule has 26 heavy (non-hydrogen) atoms. The van der Waals surface area contributed by atoms with Gasteiger partial charge in [-0.15, -0.1) is 5.56 Å². The van der Waals surface area contributed by atoms with Crippen molar-refractivity contribution in [3.8, 4) is 0 Å². The first-order chi connectivity index (χ1) is 11.4. The van der Waals surface area contributed by atoms with Crippen molar-refractivity contribution in [3.63, 3.8) is 0 Å². The third kappa shape index (κ3) is 5.07. The Morgan fingerprint density at radius 2 is 1.96 bits per heavy atom. The molecule has 0 aliphatic carbocycles. The molecule has 134 valence electrons. The summed E-state index contributed by atoms with van der Waals surface area (Å²) in [4.78, 5) is 21.1. The first kappa shape index (κ1) is 22.2. The molecule has 3 heterocycles. The summed E-state index contributed by atoms with van der Waals surface area (Å²) in [5.41, 5.74) is 2.99. The van der Waals surface area contributed by atoms with Gasteiger partial charge < -0.3 is 20.2 Å². The van der Waals surface area contributed by atoms with Gasteiger partial charge in [-0.2, -0.15) is 19.2 Å². The molecule has 1 N–H and O–H groups in total. The average Bonchev–Trinajstić information content (AvgIpc) is 2.52. The third-order valence-corrected chi connectivity index (χ3v) is 3.97. The number of aromatic nitrogens is 2. The van der Waals surface area contributed by atoms with Crippen LogP contribution in [0.5, 0.6) is 0 Å². The number of aryl methyl sites for hydroxylation is 1. The quantitative estimate of drug-likeness (QED) is 0.558. The second-order valence-corrected chi connectivity index (χ2v) is 5.88. The molecule has 0 atom stereocenters. The molecule has 1 aliphatic heterocycles. The summed E-state index contributed by atoms with van der Waals surface area (Å²) >= 11 is 0. The summed E-state index contributed by atoms with van der Waals surface area (Å²) in [6.45, 7) is 2.97. The van der Waals surface area contributed by atoms with Crippen molar-refractivity contribution < 1.29 is 42.3 Å². The summed E-state index contributed by atoms with van der Waals surface area (Å²) in [6, 6.07) is 3.27. The number of anilines is 1. The normalized spacial score (nSPS) is 13.3. The monoisotopic (exact) mass is 358 g/mol. The second-order valence-electron chi connectivity index (χ2n) is 5.88. The number of carbonyl (C=O) groups excluding carboxylic acids is 1. The van der Waals surface area contributed by atoms with Crippen molar-refractivity contribution in [2.75, 3.05) is 11.4 Å². The molecule has 1 aliphatic rings. The first-order valence-electron chi connectivity index (χ1n) is 7.49. The Balaban J connectivity index is 0.00000169. The van der Waals surface area contributed by atoms with Crippen LogP contribution in [0.4, 0.5) is 19.0 Å². The van der Waals surface area contributed by atoms with Crippen molar-refractivity contribution >= 4 is 12.1 Å². The number of alkyl halides is 3. The van der Waals surface area contributed by atoms with E-state index >= 15 is 0 Å². The third-order valence-electron chi connectivity index (χ3n) is 3.97. The van der Waals surface area contributed by atoms with Crippen LogP contribution in [-0.2, 0) is 24.2 Å². The molecule has 0 unspecified atom stereocenters. The van der Waals surface area contributed by atoms with Crippen LogP contribution in [0.25, 0.3) is 0 Å². The van der Waals surface area contributed by atoms with Gasteiger partial charge in [-0.1, -0.05) is 17.8 Å². The minimum atomic E-state index is -4.25. The number of hydrogen-bond acceptors (Lipinski definition) is 5. The van der Waals surface area contributed by atoms with E-state index in [0.717, 1.165) is 22.6 Å². The number of fused-ring (bicyclic) bond motifs is 1. The van der Waals surface area contributed by atoms with E-state index < -0.39 is 12.6 Å². The summed E-state index contributed by atoms with van der Waals surface area (Å²) in [5.74, 6) is 0.723. The fraction of sp³-hybridized carbons (Fsp3) is 0.353. The second kappa shape index (κ2) is 8.67. The van der Waals surface area contributed by atoms with Gasteiger partial charge in [0.1, 0.15) is 5.82 Å². The van der Waals surface area contributed by atoms with Crippen LogP contribution in [0.15, 0.2) is 24.5 Å². The van der Waals surface area contributed by atoms with E-state index in [9.17, 15) is 18.0 Å². The predicted octanol–water partition coefficient (Wildman–Crippen LogP) is -0.262. The number of nitrogens with zero attached hydrogens (tertiary/aromatic N) is 3. The van der Waals surface area contributed by atoms with Crippen LogP contribution in [-0.4, -0.2) is 34.5 Å². The fourth-order valence-corrected chi connectivity index (χ4v) is 2.94. The van der Waals surface area contributed by atoms with Gasteiger partial charge in [0.15, 0.2) is 0 Å². The molecular formula is C17H16F3LiN3O2-. The zero-order chi connectivity index (χ0) is 17.3. The SMILES string of the molecule is Cc1cc([C-]=O)cnc1N1CCc2ncc(CC(F)(F)F)cc2C1.[Li+].[OH-]. The van der Waals surface area contributed by atoms with Crippen LogP contribution in [0, 0.1) is 6.92 Å². The smallest absolute Gasteiger partial charge is 0.870 e. The van der Waals surface area contributed by atoms with E-state index in [2.05, 4.69) is 9.97 Å². The largest absolute Gasteiger partial charge is 1.00 e. The Labute approximate surface area is 161 Å². The van der Waals surface area contributed by atoms with Crippen molar-refractivity contribution in [2.45, 2.75) is 32.5 Å². The van der Waals surface area contributed by atoms with Crippen LogP contribution < -0.4 is 23.8 Å². The maximum absolute atomic E-state index is 12.6. The van der Waals surface area contributed by atoms with Gasteiger partial charge in [-0.3, -0.25) is 4.98 Å². The van der Waals surface area contributed by atoms with E-state index in [0.29, 0.717) is 25.1 Å². The van der Waals surface area contributed by atoms with Gasteiger partial charge in [0.25, 0.3) is 0 Å². The molecule has 0 amide bonds. The maximum Gasteiger partial charge on any atom is 1.00 e. The number of hydrogen-bond donors (Lipinski definition) is 0. The molecule has 0 fully saturated rings. The Morgan fingerprint density at radius 1 is 1.23 bits per heavy atom. The minimum Gasteiger partial charge on any atom is -0.870 e. The fourth-order valence-electron chi connectivity index (χ4n) is 2.94. The Hall–Kier alpha value is -1.88. The Morgan fingerprint density at radius 3 is 2.58 bits per heavy atom. The Bertz CT molecular complexity index is 784. The molecule has 9 heteroatoms. The molecule has 0 bridgehead atoms. The minimum absolute atomic E-state index is 0. The summed E-state index contributed by atoms with van der Waals surface area (Å²) in [5, 5.41) is 0. The van der Waals surface area contributed by atoms with Gasteiger partial charge in [-0.05, 0) is 18.1 Å². The van der Waals surface area contributed by atoms with Gasteiger partial charge >= 0.3 is 25.0 Å². The standard InChI is InChI=1S/C17H15F3N3O.Li.H2O/c1-11-4-13(10-24)8-22-16(11)23-3-2-15-14(9-23)5-12(7-21-15)6-17(18,19)20;;/h4-5,7-8H,2-3,6,9H2,1H3;;1H2/q-1;+1;/p-1. The number of pyridine rings is 2. The van der Waals surface area contributed by atoms with Gasteiger partial charge in [-0.25, -0.2) is 0 Å². The van der Waals surface area contributed by atoms with Crippen molar-refractivity contribution in [1.82, 2.24) is 9.97 Å². The van der Waals surface area contributed by atoms with Gasteiger partial charge in [0.05, 0.1) is 12.7 Å². The molecule has 0 saturated carbocycles. The molecule has 2 aromatic heterocycles. The van der Waals surface area contributed by atoms with Crippen molar-refractivity contribution in [1.29, 1.82) is 0 Å². The zero-order valence-corrected chi connectivity index (χ0v) is 14.5. The van der Waals surface area contributed by atoms with Crippen molar-refractivity contribution in [3.05, 3.63) is 52.5 Å². The summed E-state index contributed by atoms with van der Waals surface area (Å²) in [6.07, 6.45) is -0.0325. The topological polar surface area (TPSA) is 76.1 Å². The molecule has 5 nitrogen and oxygen atoms in total. The number of rotatable bonds is 3. The summed E-state index contributed by atoms with van der Waals surface area (Å²) in [7, 11) is 0.